The summed E-state index contributed by atoms with van der Waals surface area (Å²) in [7, 11) is 0. The third-order valence-corrected chi connectivity index (χ3v) is 5.47. The number of hydrogen-bond acceptors (Lipinski definition) is 6. The molecule has 3 rings (SSSR count). The zero-order valence-electron chi connectivity index (χ0n) is 18.9. The summed E-state index contributed by atoms with van der Waals surface area (Å²) in [5.41, 5.74) is 3.63. The second-order valence-corrected chi connectivity index (χ2v) is 8.80. The Bertz CT molecular complexity index is 1030. The minimum Gasteiger partial charge on any atom is -0.493 e. The maximum Gasteiger partial charge on any atom is 0.262 e. The zero-order valence-corrected chi connectivity index (χ0v) is 20.5. The Labute approximate surface area is 201 Å². The molecule has 1 unspecified atom stereocenters. The van der Waals surface area contributed by atoms with E-state index < -0.39 is 11.9 Å². The van der Waals surface area contributed by atoms with Crippen LogP contribution in [0, 0.1) is 5.92 Å². The van der Waals surface area contributed by atoms with Crippen molar-refractivity contribution < 1.29 is 23.8 Å². The summed E-state index contributed by atoms with van der Waals surface area (Å²) in [5.74, 6) is 0.815. The molecule has 0 spiro atoms. The number of carbonyl (C=O) groups is 2. The van der Waals surface area contributed by atoms with Gasteiger partial charge in [0.2, 0.25) is 6.79 Å². The number of rotatable bonds is 10. The highest BCUT2D eigenvalue weighted by molar-refractivity contribution is 9.10. The number of nitrogens with one attached hydrogen (secondary N) is 2. The first-order chi connectivity index (χ1) is 15.9. The highest BCUT2D eigenvalue weighted by atomic mass is 79.9. The van der Waals surface area contributed by atoms with Crippen LogP contribution in [-0.4, -0.2) is 37.5 Å². The lowest BCUT2D eigenvalue weighted by Crippen LogP contribution is -2.48. The molecule has 0 aromatic heterocycles. The third-order valence-electron chi connectivity index (χ3n) is 4.98. The molecule has 2 aromatic carbocycles. The number of hydrazone groups is 1. The van der Waals surface area contributed by atoms with E-state index in [0.717, 1.165) is 22.9 Å². The fraction of sp³-hybridized carbons (Fsp3) is 0.375. The Hall–Kier alpha value is -3.07. The lowest BCUT2D eigenvalue weighted by atomic mass is 10.0. The van der Waals surface area contributed by atoms with E-state index in [1.54, 1.807) is 18.2 Å². The van der Waals surface area contributed by atoms with Crippen molar-refractivity contribution in [3.05, 3.63) is 52.0 Å². The van der Waals surface area contributed by atoms with E-state index in [1.165, 1.54) is 6.21 Å². The molecule has 1 aliphatic heterocycles. The van der Waals surface area contributed by atoms with Gasteiger partial charge in [-0.2, -0.15) is 5.10 Å². The largest absolute Gasteiger partial charge is 0.493 e. The molecular formula is C24H28BrN3O5. The number of ether oxygens (including phenoxy) is 3. The molecule has 2 aromatic rings. The summed E-state index contributed by atoms with van der Waals surface area (Å²) in [6.07, 6.45) is 3.51. The summed E-state index contributed by atoms with van der Waals surface area (Å²) < 4.78 is 17.3. The predicted molar refractivity (Wildman–Crippen MR) is 129 cm³/mol. The molecule has 8 nitrogen and oxygen atoms in total. The molecule has 0 radical (unpaired) electrons. The Morgan fingerprint density at radius 2 is 1.97 bits per heavy atom. The average Bonchev–Trinajstić information content (AvgIpc) is 3.26. The van der Waals surface area contributed by atoms with E-state index in [1.807, 2.05) is 32.0 Å². The van der Waals surface area contributed by atoms with Crippen LogP contribution in [0.4, 0.5) is 0 Å². The number of nitrogens with zero attached hydrogens (tertiary/aromatic N) is 1. The molecule has 0 aliphatic carbocycles. The van der Waals surface area contributed by atoms with Gasteiger partial charge >= 0.3 is 0 Å². The molecule has 1 aliphatic rings. The van der Waals surface area contributed by atoms with Crippen LogP contribution in [0.5, 0.6) is 17.2 Å². The molecule has 0 saturated heterocycles. The average molecular weight is 518 g/mol. The van der Waals surface area contributed by atoms with Gasteiger partial charge in [-0.3, -0.25) is 9.59 Å². The van der Waals surface area contributed by atoms with Gasteiger partial charge < -0.3 is 19.5 Å². The van der Waals surface area contributed by atoms with Crippen molar-refractivity contribution in [3.63, 3.8) is 0 Å². The minimum atomic E-state index is -0.775. The number of halogens is 1. The smallest absolute Gasteiger partial charge is 0.262 e. The number of benzene rings is 2. The molecule has 9 heteroatoms. The summed E-state index contributed by atoms with van der Waals surface area (Å²) in [4.78, 5) is 25.5. The second-order valence-electron chi connectivity index (χ2n) is 7.88. The molecule has 0 bridgehead atoms. The molecule has 0 fully saturated rings. The van der Waals surface area contributed by atoms with E-state index in [4.69, 9.17) is 14.2 Å². The molecule has 2 N–H and O–H groups in total. The van der Waals surface area contributed by atoms with Gasteiger partial charge in [-0.1, -0.05) is 43.1 Å². The van der Waals surface area contributed by atoms with Crippen molar-refractivity contribution >= 4 is 34.0 Å². The lowest BCUT2D eigenvalue weighted by Gasteiger charge is -2.20. The van der Waals surface area contributed by atoms with Crippen LogP contribution in [0.15, 0.2) is 46.0 Å². The van der Waals surface area contributed by atoms with E-state index in [2.05, 4.69) is 38.7 Å². The molecule has 1 atom stereocenters. The van der Waals surface area contributed by atoms with Gasteiger partial charge in [-0.25, -0.2) is 5.43 Å². The normalized spacial score (nSPS) is 13.2. The monoisotopic (exact) mass is 517 g/mol. The number of fused-ring (bicyclic) bond motifs is 1. The Morgan fingerprint density at radius 3 is 2.73 bits per heavy atom. The van der Waals surface area contributed by atoms with Crippen molar-refractivity contribution in [1.29, 1.82) is 0 Å². The standard InChI is InChI=1S/C24H28BrN3O5/c1-4-5-10-31-19-9-7-18(25)11-17(19)13-26-28-24(30)22(15(2)3)27-23(29)16-6-8-20-21(12-16)33-14-32-20/h6-9,11-13,15,22H,4-5,10,14H2,1-3H3,(H,27,29)(H,28,30)/b26-13+. The topological polar surface area (TPSA) is 98.2 Å². The van der Waals surface area contributed by atoms with E-state index >= 15 is 0 Å². The van der Waals surface area contributed by atoms with Crippen LogP contribution < -0.4 is 25.0 Å². The fourth-order valence-electron chi connectivity index (χ4n) is 3.11. The SMILES string of the molecule is CCCCOc1ccc(Br)cc1/C=N/NC(=O)C(NC(=O)c1ccc2c(c1)OCO2)C(C)C. The van der Waals surface area contributed by atoms with Crippen LogP contribution in [0.1, 0.15) is 49.5 Å². The number of carbonyl (C=O) groups excluding carboxylic acids is 2. The van der Waals surface area contributed by atoms with Crippen LogP contribution >= 0.6 is 15.9 Å². The number of unbranched alkanes of at least 4 members (excludes halogenated alkanes) is 1. The maximum atomic E-state index is 12.8. The third kappa shape index (κ3) is 6.71. The van der Waals surface area contributed by atoms with E-state index in [-0.39, 0.29) is 18.6 Å². The quantitative estimate of drug-likeness (QED) is 0.278. The highest BCUT2D eigenvalue weighted by Gasteiger charge is 2.25. The molecule has 1 heterocycles. The zero-order chi connectivity index (χ0) is 23.8. The van der Waals surface area contributed by atoms with E-state index in [9.17, 15) is 9.59 Å². The summed E-state index contributed by atoms with van der Waals surface area (Å²) in [5, 5.41) is 6.86. The van der Waals surface area contributed by atoms with Crippen LogP contribution in [0.3, 0.4) is 0 Å². The van der Waals surface area contributed by atoms with Crippen LogP contribution in [0.2, 0.25) is 0 Å². The second kappa shape index (κ2) is 11.7. The first-order valence-corrected chi connectivity index (χ1v) is 11.6. The molecular weight excluding hydrogens is 490 g/mol. The van der Waals surface area contributed by atoms with Crippen LogP contribution in [0.25, 0.3) is 0 Å². The fourth-order valence-corrected chi connectivity index (χ4v) is 3.49. The van der Waals surface area contributed by atoms with Gasteiger partial charge in [0, 0.05) is 15.6 Å². The van der Waals surface area contributed by atoms with Gasteiger partial charge in [0.15, 0.2) is 11.5 Å². The number of hydrogen-bond donors (Lipinski definition) is 2. The van der Waals surface area contributed by atoms with Crippen LogP contribution in [-0.2, 0) is 4.79 Å². The van der Waals surface area contributed by atoms with Crippen molar-refractivity contribution in [3.8, 4) is 17.2 Å². The van der Waals surface area contributed by atoms with Crippen molar-refractivity contribution in [2.45, 2.75) is 39.7 Å². The number of amides is 2. The molecule has 33 heavy (non-hydrogen) atoms. The van der Waals surface area contributed by atoms with Gasteiger partial charge in [-0.15, -0.1) is 0 Å². The molecule has 0 saturated carbocycles. The Morgan fingerprint density at radius 1 is 1.18 bits per heavy atom. The van der Waals surface area contributed by atoms with Crippen molar-refractivity contribution in [2.24, 2.45) is 11.0 Å². The molecule has 2 amide bonds. The van der Waals surface area contributed by atoms with Crippen molar-refractivity contribution in [2.75, 3.05) is 13.4 Å². The van der Waals surface area contributed by atoms with Gasteiger partial charge in [0.25, 0.3) is 11.8 Å². The van der Waals surface area contributed by atoms with E-state index in [0.29, 0.717) is 29.4 Å². The summed E-state index contributed by atoms with van der Waals surface area (Å²) >= 11 is 3.44. The van der Waals surface area contributed by atoms with Crippen molar-refractivity contribution in [1.82, 2.24) is 10.7 Å². The van der Waals surface area contributed by atoms with Gasteiger partial charge in [0.1, 0.15) is 11.8 Å². The first kappa shape index (κ1) is 24.6. The first-order valence-electron chi connectivity index (χ1n) is 10.8. The Kier molecular flexibility index (Phi) is 8.71. The highest BCUT2D eigenvalue weighted by Crippen LogP contribution is 2.32. The minimum absolute atomic E-state index is 0.124. The Balaban J connectivity index is 1.64. The summed E-state index contributed by atoms with van der Waals surface area (Å²) in [6, 6.07) is 9.72. The maximum absolute atomic E-state index is 12.8. The molecule has 176 valence electrons. The van der Waals surface area contributed by atoms with Gasteiger partial charge in [-0.05, 0) is 48.7 Å². The summed E-state index contributed by atoms with van der Waals surface area (Å²) in [6.45, 7) is 6.52. The van der Waals surface area contributed by atoms with Gasteiger partial charge in [0.05, 0.1) is 12.8 Å². The lowest BCUT2D eigenvalue weighted by molar-refractivity contribution is -0.123. The predicted octanol–water partition coefficient (Wildman–Crippen LogP) is 4.26.